The zero-order valence-corrected chi connectivity index (χ0v) is 14.9. The van der Waals surface area contributed by atoms with Crippen LogP contribution >= 0.6 is 11.6 Å². The maximum atomic E-state index is 12.5. The number of carbonyl (C=O) groups is 2. The van der Waals surface area contributed by atoms with Crippen LogP contribution in [0.1, 0.15) is 41.0 Å². The highest BCUT2D eigenvalue weighted by molar-refractivity contribution is 6.31. The van der Waals surface area contributed by atoms with Crippen molar-refractivity contribution in [1.29, 1.82) is 0 Å². The van der Waals surface area contributed by atoms with Gasteiger partial charge in [-0.3, -0.25) is 9.59 Å². The summed E-state index contributed by atoms with van der Waals surface area (Å²) >= 11 is 5.96. The standard InChI is InChI=1S/C19H18ClNO4/c1-19(2)10-15(22)13-9-12(5-7-17(13)25-19)21-18(23)14-8-11(20)4-6-16(14)24-3/h4-9H,10H2,1-3H3,(H,21,23). The highest BCUT2D eigenvalue weighted by Gasteiger charge is 2.32. The Morgan fingerprint density at radius 3 is 2.72 bits per heavy atom. The number of anilines is 1. The zero-order chi connectivity index (χ0) is 18.2. The topological polar surface area (TPSA) is 64.6 Å². The van der Waals surface area contributed by atoms with Gasteiger partial charge in [0.2, 0.25) is 0 Å². The van der Waals surface area contributed by atoms with Crippen LogP contribution in [0.2, 0.25) is 5.02 Å². The van der Waals surface area contributed by atoms with E-state index >= 15 is 0 Å². The Bertz CT molecular complexity index is 860. The van der Waals surface area contributed by atoms with Crippen LogP contribution in [0, 0.1) is 0 Å². The van der Waals surface area contributed by atoms with Crippen LogP contribution in [0.5, 0.6) is 11.5 Å². The summed E-state index contributed by atoms with van der Waals surface area (Å²) in [5.74, 6) is 0.562. The lowest BCUT2D eigenvalue weighted by Crippen LogP contribution is -2.35. The number of nitrogens with one attached hydrogen (secondary N) is 1. The third kappa shape index (κ3) is 3.61. The summed E-state index contributed by atoms with van der Waals surface area (Å²) in [5.41, 5.74) is 0.761. The predicted octanol–water partition coefficient (Wildman–Crippen LogP) is 4.34. The fourth-order valence-electron chi connectivity index (χ4n) is 2.79. The number of ether oxygens (including phenoxy) is 2. The first-order valence-electron chi connectivity index (χ1n) is 7.80. The molecule has 0 atom stereocenters. The number of methoxy groups -OCH3 is 1. The summed E-state index contributed by atoms with van der Waals surface area (Å²) in [6.07, 6.45) is 0.291. The molecule has 3 rings (SSSR count). The summed E-state index contributed by atoms with van der Waals surface area (Å²) in [6, 6.07) is 9.82. The molecule has 130 valence electrons. The van der Waals surface area contributed by atoms with Crippen LogP contribution in [-0.2, 0) is 0 Å². The van der Waals surface area contributed by atoms with Crippen molar-refractivity contribution in [2.45, 2.75) is 25.9 Å². The van der Waals surface area contributed by atoms with Crippen molar-refractivity contribution in [1.82, 2.24) is 0 Å². The number of hydrogen-bond acceptors (Lipinski definition) is 4. The minimum Gasteiger partial charge on any atom is -0.496 e. The van der Waals surface area contributed by atoms with E-state index in [9.17, 15) is 9.59 Å². The molecule has 2 aromatic rings. The van der Waals surface area contributed by atoms with Crippen molar-refractivity contribution in [3.63, 3.8) is 0 Å². The number of amides is 1. The molecule has 0 aliphatic carbocycles. The maximum Gasteiger partial charge on any atom is 0.259 e. The van der Waals surface area contributed by atoms with E-state index in [-0.39, 0.29) is 11.7 Å². The van der Waals surface area contributed by atoms with Crippen molar-refractivity contribution in [3.05, 3.63) is 52.5 Å². The molecule has 1 heterocycles. The Morgan fingerprint density at radius 2 is 2.00 bits per heavy atom. The van der Waals surface area contributed by atoms with Crippen molar-refractivity contribution in [2.24, 2.45) is 0 Å². The number of halogens is 1. The highest BCUT2D eigenvalue weighted by Crippen LogP contribution is 2.34. The van der Waals surface area contributed by atoms with Crippen LogP contribution in [0.25, 0.3) is 0 Å². The summed E-state index contributed by atoms with van der Waals surface area (Å²) in [7, 11) is 1.48. The number of rotatable bonds is 3. The molecule has 6 heteroatoms. The lowest BCUT2D eigenvalue weighted by atomic mass is 9.93. The SMILES string of the molecule is COc1ccc(Cl)cc1C(=O)Nc1ccc2c(c1)C(=O)CC(C)(C)O2. The van der Waals surface area contributed by atoms with E-state index in [4.69, 9.17) is 21.1 Å². The van der Waals surface area contributed by atoms with Gasteiger partial charge in [-0.05, 0) is 50.2 Å². The Kier molecular flexibility index (Phi) is 4.43. The van der Waals surface area contributed by atoms with Gasteiger partial charge in [0.15, 0.2) is 5.78 Å². The van der Waals surface area contributed by atoms with Crippen molar-refractivity contribution in [2.75, 3.05) is 12.4 Å². The Morgan fingerprint density at radius 1 is 1.24 bits per heavy atom. The zero-order valence-electron chi connectivity index (χ0n) is 14.2. The number of carbonyl (C=O) groups excluding carboxylic acids is 2. The second-order valence-electron chi connectivity index (χ2n) is 6.47. The van der Waals surface area contributed by atoms with Gasteiger partial charge in [0.25, 0.3) is 5.91 Å². The Labute approximate surface area is 150 Å². The monoisotopic (exact) mass is 359 g/mol. The number of hydrogen-bond donors (Lipinski definition) is 1. The molecular weight excluding hydrogens is 342 g/mol. The summed E-state index contributed by atoms with van der Waals surface area (Å²) in [4.78, 5) is 24.9. The second kappa shape index (κ2) is 6.41. The minimum atomic E-state index is -0.525. The van der Waals surface area contributed by atoms with E-state index in [0.29, 0.717) is 39.8 Å². The largest absolute Gasteiger partial charge is 0.496 e. The predicted molar refractivity (Wildman–Crippen MR) is 96.1 cm³/mol. The first kappa shape index (κ1) is 17.3. The van der Waals surface area contributed by atoms with Gasteiger partial charge in [-0.15, -0.1) is 0 Å². The van der Waals surface area contributed by atoms with E-state index in [1.54, 1.807) is 30.3 Å². The molecule has 25 heavy (non-hydrogen) atoms. The van der Waals surface area contributed by atoms with Gasteiger partial charge in [-0.1, -0.05) is 11.6 Å². The molecule has 0 radical (unpaired) electrons. The molecule has 1 amide bonds. The van der Waals surface area contributed by atoms with Crippen LogP contribution in [-0.4, -0.2) is 24.4 Å². The van der Waals surface area contributed by atoms with Crippen molar-refractivity contribution >= 4 is 29.0 Å². The van der Waals surface area contributed by atoms with Crippen LogP contribution in [0.4, 0.5) is 5.69 Å². The summed E-state index contributed by atoms with van der Waals surface area (Å²) in [5, 5.41) is 3.20. The van der Waals surface area contributed by atoms with Gasteiger partial charge in [0.05, 0.1) is 24.7 Å². The van der Waals surface area contributed by atoms with E-state index in [1.165, 1.54) is 13.2 Å². The van der Waals surface area contributed by atoms with E-state index in [1.807, 2.05) is 13.8 Å². The molecule has 0 saturated carbocycles. The third-order valence-corrected chi connectivity index (χ3v) is 4.15. The molecular formula is C19H18ClNO4. The average Bonchev–Trinajstić information content (AvgIpc) is 2.54. The molecule has 5 nitrogen and oxygen atoms in total. The lowest BCUT2D eigenvalue weighted by Gasteiger charge is -2.31. The van der Waals surface area contributed by atoms with Crippen LogP contribution in [0.15, 0.2) is 36.4 Å². The molecule has 1 N–H and O–H groups in total. The van der Waals surface area contributed by atoms with E-state index in [0.717, 1.165) is 0 Å². The van der Waals surface area contributed by atoms with Gasteiger partial charge < -0.3 is 14.8 Å². The highest BCUT2D eigenvalue weighted by atomic mass is 35.5. The van der Waals surface area contributed by atoms with Gasteiger partial charge >= 0.3 is 0 Å². The van der Waals surface area contributed by atoms with Gasteiger partial charge in [-0.25, -0.2) is 0 Å². The van der Waals surface area contributed by atoms with Crippen molar-refractivity contribution < 1.29 is 19.1 Å². The average molecular weight is 360 g/mol. The molecule has 1 aliphatic rings. The number of ketones is 1. The fraction of sp³-hybridized carbons (Fsp3) is 0.263. The quantitative estimate of drug-likeness (QED) is 0.885. The first-order chi connectivity index (χ1) is 11.8. The Balaban J connectivity index is 1.88. The first-order valence-corrected chi connectivity index (χ1v) is 8.18. The Hall–Kier alpha value is -2.53. The molecule has 1 aliphatic heterocycles. The molecule has 0 saturated heterocycles. The molecule has 0 bridgehead atoms. The van der Waals surface area contributed by atoms with Crippen LogP contribution in [0.3, 0.4) is 0 Å². The molecule has 0 unspecified atom stereocenters. The third-order valence-electron chi connectivity index (χ3n) is 3.92. The summed E-state index contributed by atoms with van der Waals surface area (Å²) in [6.45, 7) is 3.74. The molecule has 2 aromatic carbocycles. The number of Topliss-reactive ketones (excluding diaryl/α,β-unsaturated/α-hetero) is 1. The second-order valence-corrected chi connectivity index (χ2v) is 6.91. The van der Waals surface area contributed by atoms with E-state index in [2.05, 4.69) is 5.32 Å². The van der Waals surface area contributed by atoms with Gasteiger partial charge in [0, 0.05) is 10.7 Å². The van der Waals surface area contributed by atoms with Gasteiger partial charge in [0.1, 0.15) is 17.1 Å². The molecule has 0 spiro atoms. The fourth-order valence-corrected chi connectivity index (χ4v) is 2.96. The normalized spacial score (nSPS) is 15.1. The maximum absolute atomic E-state index is 12.5. The lowest BCUT2D eigenvalue weighted by molar-refractivity contribution is 0.0620. The van der Waals surface area contributed by atoms with Crippen LogP contribution < -0.4 is 14.8 Å². The smallest absolute Gasteiger partial charge is 0.259 e. The van der Waals surface area contributed by atoms with Gasteiger partial charge in [-0.2, -0.15) is 0 Å². The number of fused-ring (bicyclic) bond motifs is 1. The number of benzene rings is 2. The molecule has 0 fully saturated rings. The summed E-state index contributed by atoms with van der Waals surface area (Å²) < 4.78 is 11.0. The van der Waals surface area contributed by atoms with E-state index < -0.39 is 5.60 Å². The molecule has 0 aromatic heterocycles. The van der Waals surface area contributed by atoms with Crippen molar-refractivity contribution in [3.8, 4) is 11.5 Å². The minimum absolute atomic E-state index is 0.0114.